The van der Waals surface area contributed by atoms with Crippen LogP contribution < -0.4 is 4.90 Å². The molecule has 0 bridgehead atoms. The Labute approximate surface area is 94.8 Å². The molecule has 16 heavy (non-hydrogen) atoms. The zero-order chi connectivity index (χ0) is 11.7. The van der Waals surface area contributed by atoms with Gasteiger partial charge in [-0.25, -0.2) is 4.79 Å². The Balaban J connectivity index is 2.30. The standard InChI is InChI=1S/C11H17N3O2/c1-4-16-11(15)14-6-7(2)8(3)9-5-12-13-10(9)14/h5,7-8H,4,6H2,1-3H3,(H,12,13). The second kappa shape index (κ2) is 4.15. The van der Waals surface area contributed by atoms with Crippen molar-refractivity contribution < 1.29 is 9.53 Å². The van der Waals surface area contributed by atoms with Gasteiger partial charge in [0.2, 0.25) is 0 Å². The summed E-state index contributed by atoms with van der Waals surface area (Å²) < 4.78 is 5.03. The van der Waals surface area contributed by atoms with E-state index in [0.717, 1.165) is 11.4 Å². The lowest BCUT2D eigenvalue weighted by molar-refractivity contribution is 0.157. The highest BCUT2D eigenvalue weighted by molar-refractivity contribution is 5.88. The monoisotopic (exact) mass is 223 g/mol. The average molecular weight is 223 g/mol. The number of hydrogen-bond donors (Lipinski definition) is 1. The van der Waals surface area contributed by atoms with Gasteiger partial charge in [-0.05, 0) is 18.8 Å². The van der Waals surface area contributed by atoms with Crippen molar-refractivity contribution in [3.05, 3.63) is 11.8 Å². The van der Waals surface area contributed by atoms with Crippen LogP contribution in [-0.4, -0.2) is 29.4 Å². The molecule has 2 rings (SSSR count). The summed E-state index contributed by atoms with van der Waals surface area (Å²) in [7, 11) is 0. The maximum absolute atomic E-state index is 11.8. The van der Waals surface area contributed by atoms with E-state index in [1.54, 1.807) is 11.1 Å². The minimum Gasteiger partial charge on any atom is -0.449 e. The molecule has 1 aromatic heterocycles. The minimum absolute atomic E-state index is 0.299. The third-order valence-electron chi connectivity index (χ3n) is 3.22. The molecule has 1 aliphatic rings. The van der Waals surface area contributed by atoms with Crippen molar-refractivity contribution in [2.45, 2.75) is 26.7 Å². The van der Waals surface area contributed by atoms with E-state index in [0.29, 0.717) is 25.0 Å². The number of amides is 1. The summed E-state index contributed by atoms with van der Waals surface area (Å²) in [5.41, 5.74) is 1.09. The van der Waals surface area contributed by atoms with Gasteiger partial charge >= 0.3 is 6.09 Å². The highest BCUT2D eigenvalue weighted by Gasteiger charge is 2.33. The Morgan fingerprint density at radius 1 is 1.69 bits per heavy atom. The lowest BCUT2D eigenvalue weighted by atomic mass is 9.87. The second-order valence-electron chi connectivity index (χ2n) is 4.25. The van der Waals surface area contributed by atoms with Crippen LogP contribution in [0.4, 0.5) is 10.6 Å². The van der Waals surface area contributed by atoms with Crippen LogP contribution in [0.1, 0.15) is 32.3 Å². The first-order valence-electron chi connectivity index (χ1n) is 5.62. The van der Waals surface area contributed by atoms with Gasteiger partial charge in [0.25, 0.3) is 0 Å². The van der Waals surface area contributed by atoms with Gasteiger partial charge in [0.15, 0.2) is 0 Å². The fourth-order valence-corrected chi connectivity index (χ4v) is 2.05. The molecule has 1 N–H and O–H groups in total. The number of ether oxygens (including phenoxy) is 1. The van der Waals surface area contributed by atoms with Crippen LogP contribution in [-0.2, 0) is 4.74 Å². The first-order valence-corrected chi connectivity index (χ1v) is 5.62. The van der Waals surface area contributed by atoms with E-state index in [-0.39, 0.29) is 6.09 Å². The molecule has 0 radical (unpaired) electrons. The van der Waals surface area contributed by atoms with Crippen molar-refractivity contribution in [2.75, 3.05) is 18.1 Å². The number of rotatable bonds is 1. The molecule has 0 aliphatic carbocycles. The van der Waals surface area contributed by atoms with Crippen molar-refractivity contribution in [2.24, 2.45) is 5.92 Å². The van der Waals surface area contributed by atoms with Gasteiger partial charge in [0.1, 0.15) is 5.82 Å². The Bertz CT molecular complexity index is 388. The van der Waals surface area contributed by atoms with Crippen molar-refractivity contribution >= 4 is 11.9 Å². The number of nitrogens with one attached hydrogen (secondary N) is 1. The SMILES string of the molecule is CCOC(=O)N1CC(C)C(C)c2cn[nH]c21. The summed E-state index contributed by atoms with van der Waals surface area (Å²) in [5, 5.41) is 6.88. The van der Waals surface area contributed by atoms with Crippen LogP contribution >= 0.6 is 0 Å². The molecule has 0 saturated heterocycles. The molecule has 88 valence electrons. The number of H-pyrrole nitrogens is 1. The van der Waals surface area contributed by atoms with E-state index >= 15 is 0 Å². The van der Waals surface area contributed by atoms with Crippen molar-refractivity contribution in [1.82, 2.24) is 10.2 Å². The Hall–Kier alpha value is -1.52. The molecular formula is C11H17N3O2. The minimum atomic E-state index is -0.299. The summed E-state index contributed by atoms with van der Waals surface area (Å²) in [4.78, 5) is 13.4. The van der Waals surface area contributed by atoms with Crippen LogP contribution in [0, 0.1) is 5.92 Å². The van der Waals surface area contributed by atoms with Crippen LogP contribution in [0.15, 0.2) is 6.20 Å². The quantitative estimate of drug-likeness (QED) is 0.793. The smallest absolute Gasteiger partial charge is 0.415 e. The van der Waals surface area contributed by atoms with Gasteiger partial charge in [-0.1, -0.05) is 13.8 Å². The van der Waals surface area contributed by atoms with Gasteiger partial charge in [-0.2, -0.15) is 5.10 Å². The zero-order valence-corrected chi connectivity index (χ0v) is 9.86. The lowest BCUT2D eigenvalue weighted by Crippen LogP contribution is -2.40. The maximum atomic E-state index is 11.8. The van der Waals surface area contributed by atoms with Crippen molar-refractivity contribution in [1.29, 1.82) is 0 Å². The van der Waals surface area contributed by atoms with Crippen molar-refractivity contribution in [3.63, 3.8) is 0 Å². The van der Waals surface area contributed by atoms with Gasteiger partial charge < -0.3 is 4.74 Å². The molecule has 1 aliphatic heterocycles. The van der Waals surface area contributed by atoms with Crippen LogP contribution in [0.25, 0.3) is 0 Å². The average Bonchev–Trinajstić information content (AvgIpc) is 2.72. The molecule has 2 atom stereocenters. The van der Waals surface area contributed by atoms with E-state index in [2.05, 4.69) is 24.0 Å². The van der Waals surface area contributed by atoms with Crippen LogP contribution in [0.2, 0.25) is 0 Å². The summed E-state index contributed by atoms with van der Waals surface area (Å²) in [6.07, 6.45) is 1.49. The molecule has 0 aromatic carbocycles. The normalized spacial score (nSPS) is 24.1. The predicted molar refractivity (Wildman–Crippen MR) is 60.5 cm³/mol. The fraction of sp³-hybridized carbons (Fsp3) is 0.636. The van der Waals surface area contributed by atoms with Crippen LogP contribution in [0.3, 0.4) is 0 Å². The number of carbonyl (C=O) groups is 1. The summed E-state index contributed by atoms with van der Waals surface area (Å²) in [5.74, 6) is 1.61. The molecule has 5 nitrogen and oxygen atoms in total. The van der Waals surface area contributed by atoms with Gasteiger partial charge in [0.05, 0.1) is 12.8 Å². The fourth-order valence-electron chi connectivity index (χ4n) is 2.05. The Morgan fingerprint density at radius 3 is 3.12 bits per heavy atom. The number of anilines is 1. The number of nitrogens with zero attached hydrogens (tertiary/aromatic N) is 2. The first kappa shape index (κ1) is 11.0. The molecule has 2 unspecified atom stereocenters. The van der Waals surface area contributed by atoms with Crippen LogP contribution in [0.5, 0.6) is 0 Å². The molecular weight excluding hydrogens is 206 g/mol. The highest BCUT2D eigenvalue weighted by Crippen LogP contribution is 2.36. The topological polar surface area (TPSA) is 58.2 Å². The molecule has 2 heterocycles. The van der Waals surface area contributed by atoms with Gasteiger partial charge in [-0.15, -0.1) is 0 Å². The Morgan fingerprint density at radius 2 is 2.44 bits per heavy atom. The highest BCUT2D eigenvalue weighted by atomic mass is 16.6. The molecule has 0 fully saturated rings. The number of hydrogen-bond acceptors (Lipinski definition) is 3. The lowest BCUT2D eigenvalue weighted by Gasteiger charge is -2.33. The summed E-state index contributed by atoms with van der Waals surface area (Å²) in [6, 6.07) is 0. The number of carbonyl (C=O) groups excluding carboxylic acids is 1. The maximum Gasteiger partial charge on any atom is 0.415 e. The van der Waals surface area contributed by atoms with E-state index < -0.39 is 0 Å². The van der Waals surface area contributed by atoms with Crippen molar-refractivity contribution in [3.8, 4) is 0 Å². The van der Waals surface area contributed by atoms with E-state index in [1.165, 1.54) is 0 Å². The third kappa shape index (κ3) is 1.66. The third-order valence-corrected chi connectivity index (χ3v) is 3.22. The molecule has 1 aromatic rings. The predicted octanol–water partition coefficient (Wildman–Crippen LogP) is 2.13. The molecule has 0 spiro atoms. The van der Waals surface area contributed by atoms with E-state index in [4.69, 9.17) is 4.74 Å². The Kier molecular flexibility index (Phi) is 2.85. The number of aromatic amines is 1. The van der Waals surface area contributed by atoms with Gasteiger partial charge in [-0.3, -0.25) is 10.00 Å². The first-order chi connectivity index (χ1) is 7.65. The van der Waals surface area contributed by atoms with E-state index in [9.17, 15) is 4.79 Å². The summed E-state index contributed by atoms with van der Waals surface area (Å²) in [6.45, 7) is 7.16. The largest absolute Gasteiger partial charge is 0.449 e. The van der Waals surface area contributed by atoms with Gasteiger partial charge in [0, 0.05) is 12.1 Å². The zero-order valence-electron chi connectivity index (χ0n) is 9.86. The second-order valence-corrected chi connectivity index (χ2v) is 4.25. The van der Waals surface area contributed by atoms with E-state index in [1.807, 2.05) is 6.92 Å². The number of aromatic nitrogens is 2. The molecule has 0 saturated carbocycles. The number of fused-ring (bicyclic) bond motifs is 1. The molecule has 5 heteroatoms. The summed E-state index contributed by atoms with van der Waals surface area (Å²) >= 11 is 0. The molecule has 1 amide bonds.